The number of aromatic nitrogens is 1. The molecule has 84 valence electrons. The summed E-state index contributed by atoms with van der Waals surface area (Å²) < 4.78 is 1.33. The van der Waals surface area contributed by atoms with Crippen LogP contribution >= 0.6 is 0 Å². The van der Waals surface area contributed by atoms with Crippen molar-refractivity contribution < 1.29 is 14.8 Å². The van der Waals surface area contributed by atoms with Gasteiger partial charge < -0.3 is 9.67 Å². The zero-order valence-corrected chi connectivity index (χ0v) is 8.42. The Morgan fingerprint density at radius 3 is 2.88 bits per heavy atom. The second-order valence-electron chi connectivity index (χ2n) is 3.15. The van der Waals surface area contributed by atoms with Gasteiger partial charge >= 0.3 is 5.97 Å². The van der Waals surface area contributed by atoms with Crippen LogP contribution in [0.4, 0.5) is 5.69 Å². The van der Waals surface area contributed by atoms with Gasteiger partial charge in [0.25, 0.3) is 5.69 Å². The normalized spacial score (nSPS) is 9.69. The summed E-state index contributed by atoms with van der Waals surface area (Å²) in [5, 5.41) is 19.3. The monoisotopic (exact) mass is 222 g/mol. The largest absolute Gasteiger partial charge is 0.477 e. The third kappa shape index (κ3) is 2.60. The van der Waals surface area contributed by atoms with Crippen molar-refractivity contribution in [1.29, 1.82) is 0 Å². The summed E-state index contributed by atoms with van der Waals surface area (Å²) in [6, 6.07) is 1.04. The number of hydrogen-bond donors (Lipinski definition) is 1. The number of carbonyl (C=O) groups is 1. The molecule has 0 saturated carbocycles. The van der Waals surface area contributed by atoms with E-state index in [9.17, 15) is 14.9 Å². The molecule has 0 aromatic carbocycles. The van der Waals surface area contributed by atoms with Crippen LogP contribution < -0.4 is 0 Å². The number of rotatable bonds is 5. The molecule has 6 nitrogen and oxygen atoms in total. The maximum absolute atomic E-state index is 10.8. The molecule has 0 aliphatic carbocycles. The van der Waals surface area contributed by atoms with Crippen LogP contribution in [-0.4, -0.2) is 20.6 Å². The third-order valence-corrected chi connectivity index (χ3v) is 2.03. The highest BCUT2D eigenvalue weighted by Gasteiger charge is 2.18. The van der Waals surface area contributed by atoms with Gasteiger partial charge in [0.2, 0.25) is 0 Å². The van der Waals surface area contributed by atoms with Gasteiger partial charge in [0.15, 0.2) is 0 Å². The van der Waals surface area contributed by atoms with E-state index in [0.717, 1.165) is 6.07 Å². The quantitative estimate of drug-likeness (QED) is 0.354. The first-order chi connectivity index (χ1) is 7.56. The lowest BCUT2D eigenvalue weighted by molar-refractivity contribution is -0.384. The molecule has 1 rings (SSSR count). The van der Waals surface area contributed by atoms with Crippen LogP contribution in [0.5, 0.6) is 0 Å². The molecule has 0 spiro atoms. The van der Waals surface area contributed by atoms with E-state index >= 15 is 0 Å². The maximum atomic E-state index is 10.8. The Bertz CT molecular complexity index is 456. The highest BCUT2D eigenvalue weighted by atomic mass is 16.6. The molecular formula is C10H10N2O4. The van der Waals surface area contributed by atoms with Crippen molar-refractivity contribution in [3.05, 3.63) is 28.1 Å². The van der Waals surface area contributed by atoms with Crippen molar-refractivity contribution in [3.63, 3.8) is 0 Å². The summed E-state index contributed by atoms with van der Waals surface area (Å²) in [5.41, 5.74) is -0.318. The van der Waals surface area contributed by atoms with Gasteiger partial charge in [-0.25, -0.2) is 4.79 Å². The standard InChI is InChI=1S/C10H10N2O4/c1-2-3-4-5-11-7-8(12(15)16)6-9(11)10(13)14/h1,6-7H,3-5H2,(H,13,14). The van der Waals surface area contributed by atoms with Crippen molar-refractivity contribution in [2.24, 2.45) is 0 Å². The second kappa shape index (κ2) is 4.98. The first-order valence-corrected chi connectivity index (χ1v) is 4.57. The van der Waals surface area contributed by atoms with Crippen molar-refractivity contribution >= 4 is 11.7 Å². The maximum Gasteiger partial charge on any atom is 0.352 e. The third-order valence-electron chi connectivity index (χ3n) is 2.03. The molecule has 1 aromatic heterocycles. The summed E-state index contributed by atoms with van der Waals surface area (Å²) in [6.45, 7) is 0.361. The van der Waals surface area contributed by atoms with Gasteiger partial charge in [-0.15, -0.1) is 12.3 Å². The molecule has 0 aliphatic heterocycles. The van der Waals surface area contributed by atoms with Crippen LogP contribution in [-0.2, 0) is 6.54 Å². The van der Waals surface area contributed by atoms with E-state index in [0.29, 0.717) is 19.4 Å². The number of carboxylic acids is 1. The van der Waals surface area contributed by atoms with Gasteiger partial charge in [0, 0.05) is 19.0 Å². The molecule has 1 aromatic rings. The molecule has 1 heterocycles. The van der Waals surface area contributed by atoms with Crippen LogP contribution in [0.3, 0.4) is 0 Å². The van der Waals surface area contributed by atoms with E-state index in [1.165, 1.54) is 10.8 Å². The fourth-order valence-electron chi connectivity index (χ4n) is 1.31. The molecule has 0 bridgehead atoms. The summed E-state index contributed by atoms with van der Waals surface area (Å²) >= 11 is 0. The number of terminal acetylenes is 1. The summed E-state index contributed by atoms with van der Waals surface area (Å²) in [5.74, 6) is 1.24. The molecule has 0 aliphatic rings. The molecule has 0 amide bonds. The number of aryl methyl sites for hydroxylation is 1. The molecule has 16 heavy (non-hydrogen) atoms. The molecular weight excluding hydrogens is 212 g/mol. The van der Waals surface area contributed by atoms with Crippen LogP contribution in [0, 0.1) is 22.5 Å². The zero-order valence-electron chi connectivity index (χ0n) is 8.42. The Morgan fingerprint density at radius 2 is 2.38 bits per heavy atom. The number of hydrogen-bond acceptors (Lipinski definition) is 3. The fourth-order valence-corrected chi connectivity index (χ4v) is 1.31. The minimum atomic E-state index is -1.19. The van der Waals surface area contributed by atoms with E-state index in [4.69, 9.17) is 11.5 Å². The molecule has 1 N–H and O–H groups in total. The number of aromatic carboxylic acids is 1. The first-order valence-electron chi connectivity index (χ1n) is 4.57. The number of carboxylic acid groups (broad SMARTS) is 1. The second-order valence-corrected chi connectivity index (χ2v) is 3.15. The Labute approximate surface area is 91.6 Å². The average Bonchev–Trinajstić information content (AvgIpc) is 2.62. The van der Waals surface area contributed by atoms with Gasteiger partial charge in [-0.2, -0.15) is 0 Å². The lowest BCUT2D eigenvalue weighted by Crippen LogP contribution is -2.07. The Balaban J connectivity index is 2.92. The van der Waals surface area contributed by atoms with Gasteiger partial charge in [-0.05, 0) is 6.42 Å². The SMILES string of the molecule is C#CCCCn1cc([N+](=O)[O-])cc1C(=O)O. The van der Waals surface area contributed by atoms with Gasteiger partial charge in [-0.3, -0.25) is 10.1 Å². The smallest absolute Gasteiger partial charge is 0.352 e. The highest BCUT2D eigenvalue weighted by molar-refractivity contribution is 5.86. The predicted octanol–water partition coefficient (Wildman–Crippen LogP) is 1.51. The topological polar surface area (TPSA) is 85.4 Å². The fraction of sp³-hybridized carbons (Fsp3) is 0.300. The minimum Gasteiger partial charge on any atom is -0.477 e. The van der Waals surface area contributed by atoms with Crippen molar-refractivity contribution in [2.45, 2.75) is 19.4 Å². The zero-order chi connectivity index (χ0) is 12.1. The van der Waals surface area contributed by atoms with E-state index in [1.807, 2.05) is 0 Å². The summed E-state index contributed by atoms with van der Waals surface area (Å²) in [7, 11) is 0. The predicted molar refractivity (Wildman–Crippen MR) is 56.1 cm³/mol. The Kier molecular flexibility index (Phi) is 3.67. The number of unbranched alkanes of at least 4 members (excludes halogenated alkanes) is 1. The Hall–Kier alpha value is -2.29. The highest BCUT2D eigenvalue weighted by Crippen LogP contribution is 2.17. The Morgan fingerprint density at radius 1 is 1.69 bits per heavy atom. The first kappa shape index (κ1) is 11.8. The lowest BCUT2D eigenvalue weighted by atomic mass is 10.3. The molecule has 0 radical (unpaired) electrons. The van der Waals surface area contributed by atoms with Crippen molar-refractivity contribution in [1.82, 2.24) is 4.57 Å². The van der Waals surface area contributed by atoms with Crippen LogP contribution in [0.15, 0.2) is 12.3 Å². The molecule has 6 heteroatoms. The number of nitro groups is 1. The minimum absolute atomic E-state index is 0.0938. The van der Waals surface area contributed by atoms with E-state index in [-0.39, 0.29) is 11.4 Å². The van der Waals surface area contributed by atoms with Gasteiger partial charge in [0.1, 0.15) is 5.69 Å². The average molecular weight is 222 g/mol. The van der Waals surface area contributed by atoms with E-state index < -0.39 is 10.9 Å². The summed E-state index contributed by atoms with van der Waals surface area (Å²) in [4.78, 5) is 20.7. The summed E-state index contributed by atoms with van der Waals surface area (Å²) in [6.07, 6.45) is 7.36. The molecule has 0 atom stereocenters. The van der Waals surface area contributed by atoms with Crippen LogP contribution in [0.1, 0.15) is 23.3 Å². The van der Waals surface area contributed by atoms with Crippen molar-refractivity contribution in [3.8, 4) is 12.3 Å². The molecule has 0 saturated heterocycles. The van der Waals surface area contributed by atoms with E-state index in [2.05, 4.69) is 5.92 Å². The molecule has 0 fully saturated rings. The lowest BCUT2D eigenvalue weighted by Gasteiger charge is -2.02. The van der Waals surface area contributed by atoms with Crippen LogP contribution in [0.2, 0.25) is 0 Å². The van der Waals surface area contributed by atoms with Crippen LogP contribution in [0.25, 0.3) is 0 Å². The van der Waals surface area contributed by atoms with Crippen molar-refractivity contribution in [2.75, 3.05) is 0 Å². The molecule has 0 unspecified atom stereocenters. The van der Waals surface area contributed by atoms with Gasteiger partial charge in [-0.1, -0.05) is 0 Å². The van der Waals surface area contributed by atoms with Gasteiger partial charge in [0.05, 0.1) is 11.1 Å². The van der Waals surface area contributed by atoms with E-state index in [1.54, 1.807) is 0 Å². The number of nitrogens with zero attached hydrogens (tertiary/aromatic N) is 2.